The van der Waals surface area contributed by atoms with Crippen molar-refractivity contribution in [3.63, 3.8) is 0 Å². The van der Waals surface area contributed by atoms with Crippen LogP contribution in [0.3, 0.4) is 0 Å². The minimum absolute atomic E-state index is 0. The van der Waals surface area contributed by atoms with Crippen molar-refractivity contribution in [2.45, 2.75) is 33.1 Å². The number of halogens is 1. The Labute approximate surface area is 38.9 Å². The van der Waals surface area contributed by atoms with Gasteiger partial charge in [-0.05, 0) is 0 Å². The molecule has 0 aliphatic carbocycles. The fourth-order valence-electron chi connectivity index (χ4n) is 0.354. The first-order valence-corrected chi connectivity index (χ1v) is 2.41. The van der Waals surface area contributed by atoms with Crippen molar-refractivity contribution in [2.75, 3.05) is 0 Å². The normalized spacial score (nSPS) is 7.00. The first kappa shape index (κ1) is 9.33. The molecule has 40 valence electrons. The van der Waals surface area contributed by atoms with Crippen molar-refractivity contribution in [1.29, 1.82) is 0 Å². The van der Waals surface area contributed by atoms with Crippen LogP contribution in [0.15, 0.2) is 0 Å². The molecule has 0 amide bonds. The van der Waals surface area contributed by atoms with Gasteiger partial charge < -0.3 is 0 Å². The van der Waals surface area contributed by atoms with Crippen molar-refractivity contribution in [3.05, 3.63) is 0 Å². The van der Waals surface area contributed by atoms with Gasteiger partial charge in [0.2, 0.25) is 0 Å². The van der Waals surface area contributed by atoms with E-state index >= 15 is 0 Å². The molecule has 0 rings (SSSR count). The van der Waals surface area contributed by atoms with Crippen LogP contribution in [-0.2, 0) is 0 Å². The Hall–Kier alpha value is -0.0700. The summed E-state index contributed by atoms with van der Waals surface area (Å²) in [4.78, 5) is 0. The number of hydrogen-bond acceptors (Lipinski definition) is 0. The second-order valence-electron chi connectivity index (χ2n) is 1.35. The SMILES string of the molecule is CCCCC.F. The lowest BCUT2D eigenvalue weighted by atomic mass is 10.3. The zero-order valence-corrected chi connectivity index (χ0v) is 4.53. The molecule has 0 heterocycles. The molecule has 0 N–H and O–H groups in total. The molecule has 0 aromatic carbocycles. The summed E-state index contributed by atoms with van der Waals surface area (Å²) in [5, 5.41) is 0. The second-order valence-corrected chi connectivity index (χ2v) is 1.35. The Morgan fingerprint density at radius 1 is 1.00 bits per heavy atom. The molecule has 0 saturated heterocycles. The van der Waals surface area contributed by atoms with Crippen LogP contribution in [0.25, 0.3) is 0 Å². The smallest absolute Gasteiger partial charge is 0.0538 e. The molecule has 0 bridgehead atoms. The second kappa shape index (κ2) is 8.87. The largest absolute Gasteiger partial charge is 0.269 e. The fraction of sp³-hybridized carbons (Fsp3) is 1.00. The van der Waals surface area contributed by atoms with E-state index in [0.29, 0.717) is 0 Å². The van der Waals surface area contributed by atoms with Crippen molar-refractivity contribution in [3.8, 4) is 0 Å². The van der Waals surface area contributed by atoms with Crippen LogP contribution in [0.1, 0.15) is 33.1 Å². The molecular formula is C5H13F. The summed E-state index contributed by atoms with van der Waals surface area (Å²) in [7, 11) is 0. The van der Waals surface area contributed by atoms with E-state index < -0.39 is 0 Å². The topological polar surface area (TPSA) is 0 Å². The molecule has 0 nitrogen and oxygen atoms in total. The van der Waals surface area contributed by atoms with Crippen molar-refractivity contribution >= 4 is 0 Å². The minimum atomic E-state index is 0. The molecule has 0 aromatic heterocycles. The number of rotatable bonds is 2. The molecule has 0 unspecified atom stereocenters. The molecular weight excluding hydrogens is 79.1 g/mol. The maximum atomic E-state index is 2.21. The average molecular weight is 92.2 g/mol. The first-order chi connectivity index (χ1) is 2.41. The summed E-state index contributed by atoms with van der Waals surface area (Å²) >= 11 is 0. The predicted molar refractivity (Wildman–Crippen MR) is 27.7 cm³/mol. The molecule has 0 atom stereocenters. The first-order valence-electron chi connectivity index (χ1n) is 2.41. The minimum Gasteiger partial charge on any atom is -0.269 e. The lowest BCUT2D eigenvalue weighted by Crippen LogP contribution is -1.59. The quantitative estimate of drug-likeness (QED) is 0.490. The summed E-state index contributed by atoms with van der Waals surface area (Å²) in [6.07, 6.45) is 4.08. The van der Waals surface area contributed by atoms with Crippen molar-refractivity contribution in [1.82, 2.24) is 0 Å². The zero-order valence-electron chi connectivity index (χ0n) is 4.53. The Bertz CT molecular complexity index is 11.4. The van der Waals surface area contributed by atoms with Gasteiger partial charge in [0.1, 0.15) is 0 Å². The molecule has 1 heteroatoms. The van der Waals surface area contributed by atoms with E-state index in [1.165, 1.54) is 19.3 Å². The Morgan fingerprint density at radius 3 is 1.33 bits per heavy atom. The van der Waals surface area contributed by atoms with E-state index in [4.69, 9.17) is 0 Å². The summed E-state index contributed by atoms with van der Waals surface area (Å²) in [5.41, 5.74) is 0. The van der Waals surface area contributed by atoms with Gasteiger partial charge in [-0.15, -0.1) is 0 Å². The highest BCUT2D eigenvalue weighted by atomic mass is 19.0. The molecule has 0 aromatic rings. The van der Waals surface area contributed by atoms with Gasteiger partial charge in [-0.25, -0.2) is 0 Å². The number of unbranched alkanes of at least 4 members (excludes halogenated alkanes) is 2. The van der Waals surface area contributed by atoms with E-state index in [0.717, 1.165) is 0 Å². The highest BCUT2D eigenvalue weighted by Crippen LogP contribution is 1.88. The van der Waals surface area contributed by atoms with Gasteiger partial charge in [0, 0.05) is 0 Å². The van der Waals surface area contributed by atoms with Gasteiger partial charge in [-0.2, -0.15) is 0 Å². The van der Waals surface area contributed by atoms with Gasteiger partial charge in [0.05, 0.1) is 0 Å². The van der Waals surface area contributed by atoms with Crippen molar-refractivity contribution < 1.29 is 4.70 Å². The standard InChI is InChI=1S/C5H12.FH/c1-3-5-4-2;/h3-5H2,1-2H3;1H. The number of hydrogen-bond donors (Lipinski definition) is 0. The lowest BCUT2D eigenvalue weighted by molar-refractivity contribution is 0.772. The molecule has 0 fully saturated rings. The molecule has 0 aliphatic rings. The molecule has 0 radical (unpaired) electrons. The summed E-state index contributed by atoms with van der Waals surface area (Å²) in [5.74, 6) is 0. The fourth-order valence-corrected chi connectivity index (χ4v) is 0.354. The highest BCUT2D eigenvalue weighted by Gasteiger charge is 1.68. The van der Waals surface area contributed by atoms with Crippen LogP contribution in [0.2, 0.25) is 0 Å². The van der Waals surface area contributed by atoms with Crippen molar-refractivity contribution in [2.24, 2.45) is 0 Å². The van der Waals surface area contributed by atoms with Gasteiger partial charge in [-0.3, -0.25) is 4.70 Å². The predicted octanol–water partition coefficient (Wildman–Crippen LogP) is 2.35. The molecule has 0 aliphatic heterocycles. The third kappa shape index (κ3) is 9.06. The van der Waals surface area contributed by atoms with Gasteiger partial charge >= 0.3 is 0 Å². The average Bonchev–Trinajstić information content (AvgIpc) is 1.41. The molecule has 0 saturated carbocycles. The summed E-state index contributed by atoms with van der Waals surface area (Å²) < 4.78 is 0. The van der Waals surface area contributed by atoms with Crippen LogP contribution in [-0.4, -0.2) is 0 Å². The van der Waals surface area contributed by atoms with Gasteiger partial charge in [0.15, 0.2) is 0 Å². The van der Waals surface area contributed by atoms with E-state index in [1.54, 1.807) is 0 Å². The third-order valence-electron chi connectivity index (χ3n) is 0.707. The Kier molecular flexibility index (Phi) is 13.8. The maximum Gasteiger partial charge on any atom is -0.0538 e. The maximum absolute atomic E-state index is 2.21. The van der Waals surface area contributed by atoms with Gasteiger partial charge in [-0.1, -0.05) is 33.1 Å². The Balaban J connectivity index is 0. The lowest BCUT2D eigenvalue weighted by Gasteiger charge is -1.79. The van der Waals surface area contributed by atoms with E-state index in [-0.39, 0.29) is 4.70 Å². The van der Waals surface area contributed by atoms with Crippen LogP contribution < -0.4 is 0 Å². The van der Waals surface area contributed by atoms with Crippen LogP contribution >= 0.6 is 0 Å². The zero-order chi connectivity index (χ0) is 4.12. The van der Waals surface area contributed by atoms with Crippen LogP contribution in [0.5, 0.6) is 0 Å². The van der Waals surface area contributed by atoms with E-state index in [2.05, 4.69) is 13.8 Å². The van der Waals surface area contributed by atoms with E-state index in [1.807, 2.05) is 0 Å². The molecule has 0 spiro atoms. The van der Waals surface area contributed by atoms with E-state index in [9.17, 15) is 0 Å². The molecule has 6 heavy (non-hydrogen) atoms. The van der Waals surface area contributed by atoms with Crippen LogP contribution in [0, 0.1) is 0 Å². The van der Waals surface area contributed by atoms with Crippen LogP contribution in [0.4, 0.5) is 4.70 Å². The highest BCUT2D eigenvalue weighted by molar-refractivity contribution is 4.24. The Morgan fingerprint density at radius 2 is 1.33 bits per heavy atom. The third-order valence-corrected chi connectivity index (χ3v) is 0.707. The van der Waals surface area contributed by atoms with Gasteiger partial charge in [0.25, 0.3) is 0 Å². The summed E-state index contributed by atoms with van der Waals surface area (Å²) in [6, 6.07) is 0. The summed E-state index contributed by atoms with van der Waals surface area (Å²) in [6.45, 7) is 4.42. The monoisotopic (exact) mass is 92.1 g/mol.